The molecule has 1 heterocycles. The molecule has 100 valence electrons. The van der Waals surface area contributed by atoms with Gasteiger partial charge in [0.1, 0.15) is 0 Å². The van der Waals surface area contributed by atoms with Crippen molar-refractivity contribution < 1.29 is 31.5 Å². The van der Waals surface area contributed by atoms with Gasteiger partial charge in [0.2, 0.25) is 5.88 Å². The van der Waals surface area contributed by atoms with Gasteiger partial charge in [-0.3, -0.25) is 4.79 Å². The van der Waals surface area contributed by atoms with Crippen LogP contribution in [0.25, 0.3) is 0 Å². The van der Waals surface area contributed by atoms with E-state index in [2.05, 4.69) is 9.72 Å². The Morgan fingerprint density at radius 1 is 1.44 bits per heavy atom. The second kappa shape index (κ2) is 5.25. The van der Waals surface area contributed by atoms with Gasteiger partial charge in [0.15, 0.2) is 6.29 Å². The first-order valence-corrected chi connectivity index (χ1v) is 4.51. The molecule has 0 amide bonds. The molecule has 0 aliphatic carbocycles. The van der Waals surface area contributed by atoms with Gasteiger partial charge in [-0.05, 0) is 6.07 Å². The molecule has 0 aliphatic heterocycles. The topological polar surface area (TPSA) is 65.2 Å². The van der Waals surface area contributed by atoms with Crippen LogP contribution in [0.4, 0.5) is 22.0 Å². The van der Waals surface area contributed by atoms with E-state index < -0.39 is 42.0 Å². The zero-order chi connectivity index (χ0) is 13.9. The Bertz CT molecular complexity index is 447. The quantitative estimate of drug-likeness (QED) is 0.672. The summed E-state index contributed by atoms with van der Waals surface area (Å²) in [7, 11) is 0. The number of rotatable bonds is 4. The van der Waals surface area contributed by atoms with Crippen LogP contribution in [0.1, 0.15) is 28.0 Å². The van der Waals surface area contributed by atoms with Crippen molar-refractivity contribution in [1.29, 1.82) is 0 Å². The summed E-state index contributed by atoms with van der Waals surface area (Å²) >= 11 is 0. The average Bonchev–Trinajstić information content (AvgIpc) is 2.25. The number of aromatic nitrogens is 1. The van der Waals surface area contributed by atoms with E-state index in [1.54, 1.807) is 0 Å². The predicted molar refractivity (Wildman–Crippen MR) is 49.2 cm³/mol. The van der Waals surface area contributed by atoms with Crippen LogP contribution in [0.5, 0.6) is 5.88 Å². The van der Waals surface area contributed by atoms with Crippen molar-refractivity contribution in [2.75, 3.05) is 0 Å². The molecule has 1 aromatic rings. The van der Waals surface area contributed by atoms with Crippen LogP contribution in [-0.4, -0.2) is 17.6 Å². The molecule has 0 saturated carbocycles. The highest BCUT2D eigenvalue weighted by atomic mass is 19.4. The normalized spacial score (nSPS) is 11.7. The first kappa shape index (κ1) is 14.3. The number of aldehydes is 1. The molecule has 0 atom stereocenters. The maximum atomic E-state index is 12.5. The van der Waals surface area contributed by atoms with Gasteiger partial charge in [-0.15, -0.1) is 13.2 Å². The number of nitrogens with zero attached hydrogens (tertiary/aromatic N) is 1. The van der Waals surface area contributed by atoms with Gasteiger partial charge in [-0.2, -0.15) is 0 Å². The Labute approximate surface area is 97.6 Å². The summed E-state index contributed by atoms with van der Waals surface area (Å²) in [6.45, 7) is -0.507. The van der Waals surface area contributed by atoms with Crippen LogP contribution in [0.2, 0.25) is 0 Å². The second-order valence-corrected chi connectivity index (χ2v) is 3.09. The van der Waals surface area contributed by atoms with E-state index in [0.717, 1.165) is 0 Å². The summed E-state index contributed by atoms with van der Waals surface area (Å²) in [5.74, 6) is -1.10. The number of hydrogen-bond acceptors (Lipinski definition) is 4. The van der Waals surface area contributed by atoms with Crippen molar-refractivity contribution in [3.05, 3.63) is 22.9 Å². The van der Waals surface area contributed by atoms with Crippen LogP contribution >= 0.6 is 0 Å². The zero-order valence-corrected chi connectivity index (χ0v) is 8.67. The molecule has 0 saturated heterocycles. The van der Waals surface area contributed by atoms with E-state index in [-0.39, 0.29) is 6.29 Å². The minimum absolute atomic E-state index is 0.0553. The summed E-state index contributed by atoms with van der Waals surface area (Å²) in [6.07, 6.45) is -8.14. The number of pyridine rings is 1. The third-order valence-electron chi connectivity index (χ3n) is 1.90. The second-order valence-electron chi connectivity index (χ2n) is 3.09. The molecule has 1 rings (SSSR count). The lowest BCUT2D eigenvalue weighted by Crippen LogP contribution is -2.20. The van der Waals surface area contributed by atoms with Crippen LogP contribution < -0.4 is 10.5 Å². The van der Waals surface area contributed by atoms with Gasteiger partial charge in [-0.25, -0.2) is 13.8 Å². The van der Waals surface area contributed by atoms with E-state index in [4.69, 9.17) is 5.73 Å². The maximum absolute atomic E-state index is 12.5. The SMILES string of the molecule is NCc1nc(OC(F)(F)F)c(C=O)cc1C(F)F. The number of carbonyl (C=O) groups excluding carboxylic acids is 1. The van der Waals surface area contributed by atoms with Crippen molar-refractivity contribution in [3.8, 4) is 5.88 Å². The Balaban J connectivity index is 3.30. The third-order valence-corrected chi connectivity index (χ3v) is 1.90. The molecule has 0 radical (unpaired) electrons. The summed E-state index contributed by atoms with van der Waals surface area (Å²) in [4.78, 5) is 13.7. The fourth-order valence-electron chi connectivity index (χ4n) is 1.19. The van der Waals surface area contributed by atoms with Gasteiger partial charge >= 0.3 is 6.36 Å². The van der Waals surface area contributed by atoms with E-state index in [1.165, 1.54) is 0 Å². The molecule has 2 N–H and O–H groups in total. The summed E-state index contributed by atoms with van der Waals surface area (Å²) in [5, 5.41) is 0. The molecule has 0 aliphatic rings. The Hall–Kier alpha value is -1.77. The first-order chi connectivity index (χ1) is 8.28. The Kier molecular flexibility index (Phi) is 4.17. The van der Waals surface area contributed by atoms with E-state index in [9.17, 15) is 26.7 Å². The molecule has 4 nitrogen and oxygen atoms in total. The van der Waals surface area contributed by atoms with Crippen LogP contribution in [0.15, 0.2) is 6.07 Å². The molecule has 0 spiro atoms. The number of alkyl halides is 5. The van der Waals surface area contributed by atoms with Crippen molar-refractivity contribution in [3.63, 3.8) is 0 Å². The highest BCUT2D eigenvalue weighted by Crippen LogP contribution is 2.29. The highest BCUT2D eigenvalue weighted by Gasteiger charge is 2.33. The lowest BCUT2D eigenvalue weighted by atomic mass is 10.1. The van der Waals surface area contributed by atoms with Crippen molar-refractivity contribution in [1.82, 2.24) is 4.98 Å². The molecule has 1 aromatic heterocycles. The molecular weight excluding hydrogens is 263 g/mol. The standard InChI is InChI=1S/C9H7F5N2O2/c10-7(11)5-1-4(3-17)8(16-6(5)2-15)18-9(12,13)14/h1,3,7H,2,15H2. The third kappa shape index (κ3) is 3.36. The Morgan fingerprint density at radius 3 is 2.44 bits per heavy atom. The number of carbonyl (C=O) groups is 1. The monoisotopic (exact) mass is 270 g/mol. The predicted octanol–water partition coefficient (Wildman–Crippen LogP) is 2.19. The van der Waals surface area contributed by atoms with Crippen LogP contribution in [-0.2, 0) is 6.54 Å². The first-order valence-electron chi connectivity index (χ1n) is 4.51. The molecule has 0 unspecified atom stereocenters. The molecule has 0 aromatic carbocycles. The number of nitrogens with two attached hydrogens (primary N) is 1. The fraction of sp³-hybridized carbons (Fsp3) is 0.333. The lowest BCUT2D eigenvalue weighted by Gasteiger charge is -2.13. The van der Waals surface area contributed by atoms with Gasteiger partial charge in [0, 0.05) is 12.1 Å². The van der Waals surface area contributed by atoms with Crippen molar-refractivity contribution in [2.24, 2.45) is 5.73 Å². The van der Waals surface area contributed by atoms with Crippen LogP contribution in [0.3, 0.4) is 0 Å². The van der Waals surface area contributed by atoms with Crippen LogP contribution in [0, 0.1) is 0 Å². The highest BCUT2D eigenvalue weighted by molar-refractivity contribution is 5.78. The number of hydrogen-bond donors (Lipinski definition) is 1. The lowest BCUT2D eigenvalue weighted by molar-refractivity contribution is -0.276. The number of halogens is 5. The van der Waals surface area contributed by atoms with E-state index in [1.807, 2.05) is 0 Å². The zero-order valence-electron chi connectivity index (χ0n) is 8.67. The van der Waals surface area contributed by atoms with Gasteiger partial charge in [0.25, 0.3) is 6.43 Å². The maximum Gasteiger partial charge on any atom is 0.574 e. The van der Waals surface area contributed by atoms with Gasteiger partial charge in [0.05, 0.1) is 11.3 Å². The summed E-state index contributed by atoms with van der Waals surface area (Å²) in [5.41, 5.74) is 3.21. The minimum atomic E-state index is -5.08. The van der Waals surface area contributed by atoms with Gasteiger partial charge < -0.3 is 10.5 Å². The summed E-state index contributed by atoms with van der Waals surface area (Å²) in [6, 6.07) is 0.577. The fourth-order valence-corrected chi connectivity index (χ4v) is 1.19. The van der Waals surface area contributed by atoms with E-state index >= 15 is 0 Å². The van der Waals surface area contributed by atoms with Gasteiger partial charge in [-0.1, -0.05) is 0 Å². The number of ether oxygens (including phenoxy) is 1. The molecule has 18 heavy (non-hydrogen) atoms. The summed E-state index contributed by atoms with van der Waals surface area (Å²) < 4.78 is 64.5. The van der Waals surface area contributed by atoms with E-state index in [0.29, 0.717) is 6.07 Å². The van der Waals surface area contributed by atoms with Crippen molar-refractivity contribution in [2.45, 2.75) is 19.3 Å². The molecule has 9 heteroatoms. The molecular formula is C9H7F5N2O2. The smallest absolute Gasteiger partial charge is 0.387 e. The largest absolute Gasteiger partial charge is 0.574 e. The molecule has 0 fully saturated rings. The minimum Gasteiger partial charge on any atom is -0.387 e. The Morgan fingerprint density at radius 2 is 2.06 bits per heavy atom. The molecule has 0 bridgehead atoms. The van der Waals surface area contributed by atoms with Crippen molar-refractivity contribution >= 4 is 6.29 Å². The average molecular weight is 270 g/mol.